The molecule has 8 fully saturated rings. The summed E-state index contributed by atoms with van der Waals surface area (Å²) in [5.74, 6) is 6.30. The highest BCUT2D eigenvalue weighted by molar-refractivity contribution is 7.92. The van der Waals surface area contributed by atoms with Crippen molar-refractivity contribution in [1.29, 1.82) is 0 Å². The lowest BCUT2D eigenvalue weighted by Crippen LogP contribution is -2.53. The van der Waals surface area contributed by atoms with Crippen molar-refractivity contribution in [2.45, 2.75) is 289 Å². The topological polar surface area (TPSA) is 135 Å². The van der Waals surface area contributed by atoms with Crippen molar-refractivity contribution >= 4 is 9.84 Å². The predicted molar refractivity (Wildman–Crippen MR) is 324 cm³/mol. The van der Waals surface area contributed by atoms with Gasteiger partial charge < -0.3 is 25.5 Å². The van der Waals surface area contributed by atoms with Gasteiger partial charge in [0.2, 0.25) is 0 Å². The number of allylic oxidation sites excluding steroid dienone is 2. The average Bonchev–Trinajstić information content (AvgIpc) is 4.01. The lowest BCUT2D eigenvalue weighted by molar-refractivity contribution is -0.0734. The van der Waals surface area contributed by atoms with E-state index in [-0.39, 0.29) is 22.2 Å². The lowest BCUT2D eigenvalue weighted by atomic mass is 9.46. The van der Waals surface area contributed by atoms with Crippen LogP contribution in [-0.2, 0) is 9.84 Å². The molecular weight excluding hydrogens is 997 g/mol. The van der Waals surface area contributed by atoms with Crippen LogP contribution in [0.15, 0.2) is 58.5 Å². The smallest absolute Gasteiger partial charge is 0.181 e. The third kappa shape index (κ3) is 11.8. The van der Waals surface area contributed by atoms with Gasteiger partial charge in [0.05, 0.1) is 32.5 Å². The van der Waals surface area contributed by atoms with Crippen LogP contribution >= 0.6 is 0 Å². The van der Waals surface area contributed by atoms with Crippen LogP contribution in [0.1, 0.15) is 256 Å². The third-order valence-electron chi connectivity index (χ3n) is 27.0. The fourth-order valence-corrected chi connectivity index (χ4v) is 23.6. The molecule has 0 aliphatic heterocycles. The van der Waals surface area contributed by atoms with Gasteiger partial charge in [0, 0.05) is 7.11 Å². The Kier molecular flexibility index (Phi) is 17.3. The molecule has 0 bridgehead atoms. The van der Waals surface area contributed by atoms with Gasteiger partial charge in [-0.05, 0) is 291 Å². The number of hydrogen-bond donors (Lipinski definition) is 5. The highest BCUT2D eigenvalue weighted by Crippen LogP contribution is 2.70. The molecule has 1 unspecified atom stereocenters. The normalized spacial score (nSPS) is 43.6. The molecule has 17 atom stereocenters. The zero-order chi connectivity index (χ0) is 57.6. The molecule has 1 aromatic carbocycles. The van der Waals surface area contributed by atoms with Gasteiger partial charge in [0.25, 0.3) is 0 Å². The maximum atomic E-state index is 14.5. The van der Waals surface area contributed by atoms with E-state index >= 15 is 0 Å². The van der Waals surface area contributed by atoms with Crippen molar-refractivity contribution in [3.05, 3.63) is 53.6 Å². The highest BCUT2D eigenvalue weighted by Gasteiger charge is 2.63. The Morgan fingerprint density at radius 3 is 1.41 bits per heavy atom. The lowest BCUT2D eigenvalue weighted by Gasteiger charge is -2.59. The largest absolute Gasteiger partial charge is 0.400 e. The van der Waals surface area contributed by atoms with E-state index in [1.165, 1.54) is 76.2 Å². The highest BCUT2D eigenvalue weighted by atomic mass is 32.2. The Bertz CT molecular complexity index is 2450. The van der Waals surface area contributed by atoms with E-state index in [4.69, 9.17) is 5.11 Å². The van der Waals surface area contributed by atoms with E-state index in [0.29, 0.717) is 64.1 Å². The van der Waals surface area contributed by atoms with E-state index in [2.05, 4.69) is 81.4 Å². The van der Waals surface area contributed by atoms with Crippen LogP contribution in [0.3, 0.4) is 0 Å². The summed E-state index contributed by atoms with van der Waals surface area (Å²) in [6.07, 6.45) is 33.6. The van der Waals surface area contributed by atoms with E-state index in [0.717, 1.165) is 120 Å². The summed E-state index contributed by atoms with van der Waals surface area (Å²) < 4.78 is 29.0. The minimum Gasteiger partial charge on any atom is -0.400 e. The number of aliphatic hydroxyl groups is 5. The van der Waals surface area contributed by atoms with Gasteiger partial charge in [0.15, 0.2) is 9.84 Å². The predicted octanol–water partition coefficient (Wildman–Crippen LogP) is 16.2. The van der Waals surface area contributed by atoms with Crippen molar-refractivity contribution in [2.24, 2.45) is 91.7 Å². The molecule has 8 heteroatoms. The number of rotatable bonds is 10. The van der Waals surface area contributed by atoms with Crippen molar-refractivity contribution in [2.75, 3.05) is 7.11 Å². The molecule has 0 radical (unpaired) electrons. The number of hydrogen-bond acceptors (Lipinski definition) is 7. The van der Waals surface area contributed by atoms with Gasteiger partial charge in [-0.2, -0.15) is 0 Å². The molecule has 448 valence electrons. The zero-order valence-electron chi connectivity index (χ0n) is 52.4. The number of fused-ring (bicyclic) bond motifs is 10. The van der Waals surface area contributed by atoms with Crippen LogP contribution in [0.4, 0.5) is 0 Å². The molecule has 10 aliphatic rings. The number of benzene rings is 1. The molecule has 7 nitrogen and oxygen atoms in total. The van der Waals surface area contributed by atoms with Gasteiger partial charge in [-0.1, -0.05) is 111 Å². The molecule has 0 aromatic heterocycles. The Morgan fingerprint density at radius 2 is 0.937 bits per heavy atom. The summed E-state index contributed by atoms with van der Waals surface area (Å²) in [5, 5.41) is 51.2. The molecule has 11 rings (SSSR count). The van der Waals surface area contributed by atoms with Gasteiger partial charge in [-0.15, -0.1) is 0 Å². The molecule has 0 heterocycles. The molecular formula is C71H116O7S. The van der Waals surface area contributed by atoms with E-state index in [1.807, 2.05) is 32.0 Å². The quantitative estimate of drug-likeness (QED) is 0.147. The molecule has 0 amide bonds. The Balaban J connectivity index is 0.000000191. The molecule has 10 aliphatic carbocycles. The molecule has 0 saturated heterocycles. The first-order chi connectivity index (χ1) is 36.8. The fourth-order valence-electron chi connectivity index (χ4n) is 21.4. The van der Waals surface area contributed by atoms with Crippen LogP contribution < -0.4 is 0 Å². The van der Waals surface area contributed by atoms with Gasteiger partial charge in [-0.25, -0.2) is 8.42 Å². The average molecular weight is 1110 g/mol. The summed E-state index contributed by atoms with van der Waals surface area (Å²) in [6.45, 7) is 28.2. The second-order valence-electron chi connectivity index (χ2n) is 33.1. The summed E-state index contributed by atoms with van der Waals surface area (Å²) in [7, 11) is -2.62. The first kappa shape index (κ1) is 62.0. The Hall–Kier alpha value is -1.55. The van der Waals surface area contributed by atoms with Crippen LogP contribution in [-0.4, -0.2) is 68.7 Å². The molecule has 0 spiro atoms. The number of sulfone groups is 1. The number of aliphatic hydroxyl groups excluding tert-OH is 1. The van der Waals surface area contributed by atoms with Crippen LogP contribution in [0.25, 0.3) is 0 Å². The first-order valence-corrected chi connectivity index (χ1v) is 34.3. The van der Waals surface area contributed by atoms with Crippen molar-refractivity contribution in [3.8, 4) is 0 Å². The minimum atomic E-state index is -3.62. The zero-order valence-corrected chi connectivity index (χ0v) is 53.3. The Labute approximate surface area is 482 Å². The van der Waals surface area contributed by atoms with E-state index in [1.54, 1.807) is 17.7 Å². The Morgan fingerprint density at radius 1 is 0.506 bits per heavy atom. The van der Waals surface area contributed by atoms with E-state index < -0.39 is 37.5 Å². The summed E-state index contributed by atoms with van der Waals surface area (Å²) in [6, 6.07) is 9.05. The van der Waals surface area contributed by atoms with Crippen LogP contribution in [0.5, 0.6) is 0 Å². The first-order valence-electron chi connectivity index (χ1n) is 32.8. The van der Waals surface area contributed by atoms with Crippen LogP contribution in [0.2, 0.25) is 0 Å². The molecule has 5 N–H and O–H groups in total. The van der Waals surface area contributed by atoms with Gasteiger partial charge >= 0.3 is 0 Å². The van der Waals surface area contributed by atoms with Gasteiger partial charge in [0.1, 0.15) is 0 Å². The van der Waals surface area contributed by atoms with Crippen molar-refractivity contribution < 1.29 is 34.0 Å². The SMILES string of the molecule is CO.C[C@H](C(CC1(O)CCC(C)(C)CC1)S(=O)(=O)c1ccccc1)[C@H]1CC[C@H]2[C@@H]3CC=C4C[C@@](C)(O)CC[C@]4(C)[C@H]3CC[C@]12C.C[C@H](CCC1(O)CCC(C)(C)CC1)[C@H]1CC[C@H]2[C@@H]3CC=C4C[C@@](C)(O)CC[C@]4(C)[C@H]3CC[C@]12C. The van der Waals surface area contributed by atoms with Crippen molar-refractivity contribution in [1.82, 2.24) is 0 Å². The third-order valence-corrected chi connectivity index (χ3v) is 29.3. The second-order valence-corrected chi connectivity index (χ2v) is 35.2. The molecule has 8 saturated carbocycles. The van der Waals surface area contributed by atoms with E-state index in [9.17, 15) is 28.8 Å². The fraction of sp³-hybridized carbons (Fsp3) is 0.859. The monoisotopic (exact) mass is 1110 g/mol. The molecule has 79 heavy (non-hydrogen) atoms. The van der Waals surface area contributed by atoms with Crippen LogP contribution in [0, 0.1) is 91.7 Å². The summed E-state index contributed by atoms with van der Waals surface area (Å²) in [5.41, 5.74) is 2.42. The summed E-state index contributed by atoms with van der Waals surface area (Å²) in [4.78, 5) is 0.404. The maximum absolute atomic E-state index is 14.5. The van der Waals surface area contributed by atoms with Crippen molar-refractivity contribution in [3.63, 3.8) is 0 Å². The summed E-state index contributed by atoms with van der Waals surface area (Å²) >= 11 is 0. The standard InChI is InChI=1S/C38H58O4S.C32H54O2.CH4O/c1-26(33(43(41,42)28-10-8-7-9-11-28)25-38(40)22-18-34(2,3)19-23-38)30-14-15-31-29-13-12-27-24-35(4,39)20-21-36(27,5)32(29)16-17-37(30,31)6;1-22(11-14-32(34)19-15-28(2,3)16-20-32)25-9-10-26-24-8-7-23-21-29(4,33)17-18-30(23,5)27(24)12-13-31(25,26)6;1-2/h7-12,26,29-33,39-40H,13-25H2,1-6H3;7,22,24-27,33-34H,8-21H2,1-6H3;2H,1H3/t26-,29-,30+,31-,32-,33?,35-,36-,37+;22-,24+,25-,26+,27+,29+,30+,31-;/m01./s1. The minimum absolute atomic E-state index is 0.0224. The molecule has 1 aromatic rings. The van der Waals surface area contributed by atoms with Gasteiger partial charge in [-0.3, -0.25) is 0 Å². The maximum Gasteiger partial charge on any atom is 0.181 e. The second kappa shape index (κ2) is 22.1.